The van der Waals surface area contributed by atoms with Gasteiger partial charge in [0.05, 0.1) is 0 Å². The van der Waals surface area contributed by atoms with E-state index in [9.17, 15) is 0 Å². The summed E-state index contributed by atoms with van der Waals surface area (Å²) in [6, 6.07) is 20.0. The second-order valence-electron chi connectivity index (χ2n) is 5.77. The second kappa shape index (κ2) is 6.29. The zero-order valence-corrected chi connectivity index (χ0v) is 15.9. The molecule has 3 aromatic carbocycles. The molecule has 0 saturated heterocycles. The van der Waals surface area contributed by atoms with Gasteiger partial charge in [0.2, 0.25) is 0 Å². The van der Waals surface area contributed by atoms with Crippen LogP contribution >= 0.6 is 31.9 Å². The molecule has 23 heavy (non-hydrogen) atoms. The third kappa shape index (κ3) is 2.41. The normalized spacial score (nSPS) is 11.7. The highest BCUT2D eigenvalue weighted by molar-refractivity contribution is 9.09. The van der Waals surface area contributed by atoms with Crippen LogP contribution in [0.2, 0.25) is 0 Å². The Morgan fingerprint density at radius 2 is 1.26 bits per heavy atom. The Balaban J connectivity index is 1.97. The lowest BCUT2D eigenvalue weighted by Crippen LogP contribution is -2.27. The average Bonchev–Trinajstić information content (AvgIpc) is 2.92. The first-order chi connectivity index (χ1) is 11.3. The average molecular weight is 431 g/mol. The van der Waals surface area contributed by atoms with Crippen LogP contribution in [0.4, 0.5) is 5.69 Å². The highest BCUT2D eigenvalue weighted by atomic mass is 79.9. The van der Waals surface area contributed by atoms with Crippen molar-refractivity contribution in [3.05, 3.63) is 54.6 Å². The van der Waals surface area contributed by atoms with Crippen LogP contribution < -0.4 is 4.90 Å². The van der Waals surface area contributed by atoms with E-state index in [1.54, 1.807) is 0 Å². The van der Waals surface area contributed by atoms with Crippen LogP contribution in [0.25, 0.3) is 33.0 Å². The highest BCUT2D eigenvalue weighted by Crippen LogP contribution is 2.49. The molecule has 0 saturated carbocycles. The number of alkyl halides is 2. The first-order valence-electron chi connectivity index (χ1n) is 7.87. The molecule has 0 heterocycles. The summed E-state index contributed by atoms with van der Waals surface area (Å²) in [5.41, 5.74) is 6.79. The minimum absolute atomic E-state index is 0.975. The lowest BCUT2D eigenvalue weighted by atomic mass is 10.0. The van der Waals surface area contributed by atoms with Crippen LogP contribution in [0.5, 0.6) is 0 Å². The molecule has 0 aromatic heterocycles. The molecule has 0 atom stereocenters. The van der Waals surface area contributed by atoms with Crippen molar-refractivity contribution in [2.24, 2.45) is 0 Å². The number of hydrogen-bond donors (Lipinski definition) is 0. The molecule has 0 N–H and O–H groups in total. The van der Waals surface area contributed by atoms with E-state index in [4.69, 9.17) is 0 Å². The van der Waals surface area contributed by atoms with Gasteiger partial charge in [0.15, 0.2) is 0 Å². The van der Waals surface area contributed by atoms with Gasteiger partial charge >= 0.3 is 0 Å². The molecule has 3 heteroatoms. The zero-order chi connectivity index (χ0) is 15.8. The third-order valence-electron chi connectivity index (χ3n) is 4.57. The summed E-state index contributed by atoms with van der Waals surface area (Å²) in [5, 5.41) is 4.71. The van der Waals surface area contributed by atoms with Crippen LogP contribution in [-0.4, -0.2) is 23.7 Å². The minimum Gasteiger partial charge on any atom is -0.369 e. The highest BCUT2D eigenvalue weighted by Gasteiger charge is 2.22. The van der Waals surface area contributed by atoms with E-state index in [0.717, 1.165) is 23.7 Å². The van der Waals surface area contributed by atoms with Gasteiger partial charge in [0.25, 0.3) is 0 Å². The summed E-state index contributed by atoms with van der Waals surface area (Å²) >= 11 is 7.18. The number of nitrogens with zero attached hydrogens (tertiary/aromatic N) is 1. The first-order valence-corrected chi connectivity index (χ1v) is 10.1. The van der Waals surface area contributed by atoms with Crippen molar-refractivity contribution in [2.45, 2.75) is 0 Å². The third-order valence-corrected chi connectivity index (χ3v) is 5.28. The summed E-state index contributed by atoms with van der Waals surface area (Å²) in [6.07, 6.45) is 0. The SMILES string of the molecule is BrCCN(CCBr)c1ccc2c3c(cccc13)-c1ccccc1-2. The maximum absolute atomic E-state index is 3.59. The number of anilines is 1. The Morgan fingerprint density at radius 3 is 1.91 bits per heavy atom. The maximum Gasteiger partial charge on any atom is 0.0447 e. The van der Waals surface area contributed by atoms with E-state index in [0.29, 0.717) is 0 Å². The summed E-state index contributed by atoms with van der Waals surface area (Å²) in [5.74, 6) is 0. The van der Waals surface area contributed by atoms with Gasteiger partial charge in [-0.3, -0.25) is 0 Å². The number of rotatable bonds is 5. The van der Waals surface area contributed by atoms with E-state index in [1.807, 2.05) is 0 Å². The van der Waals surface area contributed by atoms with Gasteiger partial charge in [0, 0.05) is 34.8 Å². The molecule has 0 spiro atoms. The molecule has 1 nitrogen and oxygen atoms in total. The van der Waals surface area contributed by atoms with Crippen molar-refractivity contribution in [1.29, 1.82) is 0 Å². The molecule has 3 aromatic rings. The number of halogens is 2. The number of hydrogen-bond acceptors (Lipinski definition) is 1. The van der Waals surface area contributed by atoms with Gasteiger partial charge in [0.1, 0.15) is 0 Å². The monoisotopic (exact) mass is 429 g/mol. The molecule has 0 amide bonds. The van der Waals surface area contributed by atoms with Gasteiger partial charge in [-0.1, -0.05) is 80.4 Å². The van der Waals surface area contributed by atoms with Gasteiger partial charge in [-0.25, -0.2) is 0 Å². The van der Waals surface area contributed by atoms with Gasteiger partial charge < -0.3 is 4.90 Å². The van der Waals surface area contributed by atoms with Crippen molar-refractivity contribution in [3.8, 4) is 22.3 Å². The minimum atomic E-state index is 0.975. The lowest BCUT2D eigenvalue weighted by Gasteiger charge is -2.25. The smallest absolute Gasteiger partial charge is 0.0447 e. The van der Waals surface area contributed by atoms with Crippen molar-refractivity contribution in [2.75, 3.05) is 28.6 Å². The first kappa shape index (κ1) is 15.2. The standard InChI is InChI=1S/C20H17Br2N/c21-10-12-23(13-11-22)19-9-8-17-15-5-2-1-4-14(15)16-6-3-7-18(19)20(16)17/h1-9H,10-13H2. The fourth-order valence-corrected chi connectivity index (χ4v) is 4.48. The van der Waals surface area contributed by atoms with E-state index >= 15 is 0 Å². The molecular weight excluding hydrogens is 414 g/mol. The number of benzene rings is 3. The molecule has 0 aliphatic heterocycles. The predicted molar refractivity (Wildman–Crippen MR) is 108 cm³/mol. The fourth-order valence-electron chi connectivity index (χ4n) is 3.63. The predicted octanol–water partition coefficient (Wildman–Crippen LogP) is 6.08. The summed E-state index contributed by atoms with van der Waals surface area (Å²) in [7, 11) is 0. The van der Waals surface area contributed by atoms with Crippen LogP contribution in [0.15, 0.2) is 54.6 Å². The Labute approximate surface area is 153 Å². The molecule has 0 bridgehead atoms. The van der Waals surface area contributed by atoms with Gasteiger partial charge in [-0.15, -0.1) is 0 Å². The van der Waals surface area contributed by atoms with Gasteiger partial charge in [-0.2, -0.15) is 0 Å². The van der Waals surface area contributed by atoms with E-state index < -0.39 is 0 Å². The largest absolute Gasteiger partial charge is 0.369 e. The maximum atomic E-state index is 3.59. The van der Waals surface area contributed by atoms with Crippen molar-refractivity contribution < 1.29 is 0 Å². The quantitative estimate of drug-likeness (QED) is 0.346. The molecular formula is C20H17Br2N. The molecule has 0 fully saturated rings. The van der Waals surface area contributed by atoms with Crippen LogP contribution in [0, 0.1) is 0 Å². The molecule has 1 aliphatic rings. The van der Waals surface area contributed by atoms with E-state index in [-0.39, 0.29) is 0 Å². The topological polar surface area (TPSA) is 3.24 Å². The molecule has 4 rings (SSSR count). The second-order valence-corrected chi connectivity index (χ2v) is 7.36. The van der Waals surface area contributed by atoms with Crippen LogP contribution in [0.1, 0.15) is 0 Å². The molecule has 1 aliphatic carbocycles. The Hall–Kier alpha value is -1.32. The van der Waals surface area contributed by atoms with Gasteiger partial charge in [-0.05, 0) is 33.7 Å². The van der Waals surface area contributed by atoms with Crippen molar-refractivity contribution in [3.63, 3.8) is 0 Å². The summed E-state index contributed by atoms with van der Waals surface area (Å²) in [6.45, 7) is 2.02. The Bertz CT molecular complexity index is 837. The summed E-state index contributed by atoms with van der Waals surface area (Å²) in [4.78, 5) is 2.45. The zero-order valence-electron chi connectivity index (χ0n) is 12.7. The Kier molecular flexibility index (Phi) is 4.16. The molecule has 0 unspecified atom stereocenters. The van der Waals surface area contributed by atoms with E-state index in [1.165, 1.54) is 38.7 Å². The van der Waals surface area contributed by atoms with Crippen molar-refractivity contribution >= 4 is 48.3 Å². The lowest BCUT2D eigenvalue weighted by molar-refractivity contribution is 0.890. The molecule has 116 valence electrons. The van der Waals surface area contributed by atoms with Crippen LogP contribution in [0.3, 0.4) is 0 Å². The Morgan fingerprint density at radius 1 is 0.652 bits per heavy atom. The van der Waals surface area contributed by atoms with Crippen molar-refractivity contribution in [1.82, 2.24) is 0 Å². The summed E-state index contributed by atoms with van der Waals surface area (Å²) < 4.78 is 0. The molecule has 0 radical (unpaired) electrons. The van der Waals surface area contributed by atoms with Crippen LogP contribution in [-0.2, 0) is 0 Å². The number of fused-ring (bicyclic) bond motifs is 3. The fraction of sp³-hybridized carbons (Fsp3) is 0.200. The van der Waals surface area contributed by atoms with E-state index in [2.05, 4.69) is 91.4 Å².